The summed E-state index contributed by atoms with van der Waals surface area (Å²) < 4.78 is 0. The van der Waals surface area contributed by atoms with Gasteiger partial charge in [-0.3, -0.25) is 20.3 Å². The molecule has 3 N–H and O–H groups in total. The Kier molecular flexibility index (Phi) is 7.21. The molecule has 32 heavy (non-hydrogen) atoms. The van der Waals surface area contributed by atoms with E-state index in [-0.39, 0.29) is 6.54 Å². The Morgan fingerprint density at radius 1 is 1.03 bits per heavy atom. The zero-order valence-electron chi connectivity index (χ0n) is 18.6. The molecule has 7 nitrogen and oxygen atoms in total. The molecule has 1 unspecified atom stereocenters. The van der Waals surface area contributed by atoms with Crippen molar-refractivity contribution in [1.82, 2.24) is 21.1 Å². The number of rotatable bonds is 9. The number of hydrazine groups is 1. The highest BCUT2D eigenvalue weighted by atomic mass is 35.5. The maximum atomic E-state index is 13.2. The highest BCUT2D eigenvalue weighted by Crippen LogP contribution is 2.32. The number of hydrogen-bond donors (Lipinski definition) is 3. The van der Waals surface area contributed by atoms with Crippen LogP contribution in [0.3, 0.4) is 0 Å². The van der Waals surface area contributed by atoms with Gasteiger partial charge in [0.15, 0.2) is 0 Å². The number of carbonyl (C=O) groups excluding carboxylic acids is 3. The molecule has 4 amide bonds. The number of hydrogen-bond acceptors (Lipinski definition) is 4. The average Bonchev–Trinajstić information content (AvgIpc) is 3.06. The van der Waals surface area contributed by atoms with Crippen molar-refractivity contribution in [2.24, 2.45) is 0 Å². The summed E-state index contributed by atoms with van der Waals surface area (Å²) in [5.74, 6) is -0.979. The van der Waals surface area contributed by atoms with Gasteiger partial charge < -0.3 is 5.32 Å². The lowest BCUT2D eigenvalue weighted by atomic mass is 9.84. The molecule has 0 bridgehead atoms. The quantitative estimate of drug-likeness (QED) is 0.500. The molecular weight excluding hydrogens is 428 g/mol. The maximum absolute atomic E-state index is 13.2. The van der Waals surface area contributed by atoms with E-state index in [9.17, 15) is 14.4 Å². The average molecular weight is 457 g/mol. The third kappa shape index (κ3) is 4.36. The van der Waals surface area contributed by atoms with Gasteiger partial charge in [0.1, 0.15) is 5.54 Å². The summed E-state index contributed by atoms with van der Waals surface area (Å²) in [5, 5.41) is 7.49. The van der Waals surface area contributed by atoms with Gasteiger partial charge in [-0.25, -0.2) is 4.79 Å². The van der Waals surface area contributed by atoms with Gasteiger partial charge in [0.05, 0.1) is 6.54 Å². The summed E-state index contributed by atoms with van der Waals surface area (Å²) in [6.07, 6.45) is 1.85. The molecule has 1 fully saturated rings. The largest absolute Gasteiger partial charge is 0.344 e. The van der Waals surface area contributed by atoms with Crippen molar-refractivity contribution in [1.29, 1.82) is 0 Å². The molecule has 1 heterocycles. The summed E-state index contributed by atoms with van der Waals surface area (Å²) in [4.78, 5) is 38.5. The lowest BCUT2D eigenvalue weighted by Gasteiger charge is -2.34. The van der Waals surface area contributed by atoms with Gasteiger partial charge in [0, 0.05) is 10.6 Å². The molecule has 0 radical (unpaired) electrons. The van der Waals surface area contributed by atoms with Crippen LogP contribution in [0.15, 0.2) is 54.6 Å². The predicted molar refractivity (Wildman–Crippen MR) is 124 cm³/mol. The Morgan fingerprint density at radius 3 is 2.22 bits per heavy atom. The number of halogens is 1. The van der Waals surface area contributed by atoms with Gasteiger partial charge in [-0.1, -0.05) is 74.8 Å². The van der Waals surface area contributed by atoms with Gasteiger partial charge in [0.25, 0.3) is 11.8 Å². The minimum atomic E-state index is -1.20. The van der Waals surface area contributed by atoms with Crippen LogP contribution in [0.4, 0.5) is 4.79 Å². The fourth-order valence-corrected chi connectivity index (χ4v) is 4.36. The number of amides is 4. The van der Waals surface area contributed by atoms with E-state index in [1.54, 1.807) is 12.1 Å². The number of nitrogens with zero attached hydrogens (tertiary/aromatic N) is 1. The van der Waals surface area contributed by atoms with Crippen molar-refractivity contribution in [3.8, 4) is 0 Å². The summed E-state index contributed by atoms with van der Waals surface area (Å²) in [6.45, 7) is 5.83. The van der Waals surface area contributed by atoms with E-state index in [0.717, 1.165) is 23.4 Å². The first-order valence-electron chi connectivity index (χ1n) is 10.8. The van der Waals surface area contributed by atoms with E-state index in [0.29, 0.717) is 17.0 Å². The Hall–Kier alpha value is -2.90. The van der Waals surface area contributed by atoms with E-state index in [1.807, 2.05) is 63.2 Å². The molecule has 3 rings (SSSR count). The van der Waals surface area contributed by atoms with Crippen molar-refractivity contribution in [2.75, 3.05) is 6.54 Å². The number of nitrogens with one attached hydrogen (secondary N) is 3. The second kappa shape index (κ2) is 9.71. The van der Waals surface area contributed by atoms with Crippen molar-refractivity contribution in [3.63, 3.8) is 0 Å². The SMILES string of the molecule is CCC(CC)(NCC(=O)NN1C(=O)NC(CC)(c2ccccc2)C1=O)c1ccc(Cl)cc1. The van der Waals surface area contributed by atoms with Crippen molar-refractivity contribution < 1.29 is 14.4 Å². The molecule has 1 aliphatic heterocycles. The van der Waals surface area contributed by atoms with Crippen molar-refractivity contribution in [2.45, 2.75) is 51.1 Å². The lowest BCUT2D eigenvalue weighted by Crippen LogP contribution is -2.53. The fraction of sp³-hybridized carbons (Fsp3) is 0.375. The van der Waals surface area contributed by atoms with Crippen LogP contribution in [0.2, 0.25) is 5.02 Å². The number of imide groups is 1. The Morgan fingerprint density at radius 2 is 1.66 bits per heavy atom. The van der Waals surface area contributed by atoms with Crippen LogP contribution >= 0.6 is 11.6 Å². The minimum Gasteiger partial charge on any atom is -0.318 e. The van der Waals surface area contributed by atoms with Crippen LogP contribution in [0.5, 0.6) is 0 Å². The second-order valence-corrected chi connectivity index (χ2v) is 8.32. The molecule has 0 aromatic heterocycles. The fourth-order valence-electron chi connectivity index (χ4n) is 4.23. The van der Waals surface area contributed by atoms with E-state index in [2.05, 4.69) is 16.1 Å². The molecule has 0 spiro atoms. The van der Waals surface area contributed by atoms with Crippen LogP contribution in [0.1, 0.15) is 51.2 Å². The van der Waals surface area contributed by atoms with E-state index in [4.69, 9.17) is 11.6 Å². The molecule has 2 aromatic rings. The van der Waals surface area contributed by atoms with Gasteiger partial charge in [-0.05, 0) is 42.5 Å². The van der Waals surface area contributed by atoms with E-state index >= 15 is 0 Å². The first-order chi connectivity index (χ1) is 15.3. The number of benzene rings is 2. The van der Waals surface area contributed by atoms with E-state index in [1.165, 1.54) is 0 Å². The first-order valence-corrected chi connectivity index (χ1v) is 11.2. The van der Waals surface area contributed by atoms with E-state index < -0.39 is 28.9 Å². The molecule has 0 aliphatic carbocycles. The molecule has 1 aliphatic rings. The third-order valence-electron chi connectivity index (χ3n) is 6.32. The highest BCUT2D eigenvalue weighted by molar-refractivity contribution is 6.30. The Bertz CT molecular complexity index is 976. The van der Waals surface area contributed by atoms with Crippen LogP contribution in [0.25, 0.3) is 0 Å². The monoisotopic (exact) mass is 456 g/mol. The predicted octanol–water partition coefficient (Wildman–Crippen LogP) is 3.83. The summed E-state index contributed by atoms with van der Waals surface area (Å²) in [7, 11) is 0. The van der Waals surface area contributed by atoms with Crippen LogP contribution in [-0.4, -0.2) is 29.4 Å². The third-order valence-corrected chi connectivity index (χ3v) is 6.57. The van der Waals surface area contributed by atoms with Crippen LogP contribution in [-0.2, 0) is 20.7 Å². The minimum absolute atomic E-state index is 0.0637. The smallest absolute Gasteiger partial charge is 0.318 e. The topological polar surface area (TPSA) is 90.5 Å². The van der Waals surface area contributed by atoms with Crippen LogP contribution in [0, 0.1) is 0 Å². The zero-order valence-corrected chi connectivity index (χ0v) is 19.3. The van der Waals surface area contributed by atoms with Gasteiger partial charge in [-0.2, -0.15) is 5.01 Å². The lowest BCUT2D eigenvalue weighted by molar-refractivity contribution is -0.139. The molecule has 2 aromatic carbocycles. The summed E-state index contributed by atoms with van der Waals surface area (Å²) in [5.41, 5.74) is 2.53. The molecule has 1 atom stereocenters. The van der Waals surface area contributed by atoms with Gasteiger partial charge in [-0.15, -0.1) is 0 Å². The zero-order chi connectivity index (χ0) is 23.4. The number of carbonyl (C=O) groups is 3. The first kappa shape index (κ1) is 23.8. The van der Waals surface area contributed by atoms with Crippen molar-refractivity contribution in [3.05, 3.63) is 70.7 Å². The molecule has 1 saturated heterocycles. The standard InChI is InChI=1S/C24H29ClN4O3/c1-4-23(5-2,17-12-14-19(25)15-13-17)26-16-20(30)28-29-21(31)24(6-3,27-22(29)32)18-10-8-7-9-11-18/h7-15,26H,4-6,16H2,1-3H3,(H,27,32)(H,28,30). The summed E-state index contributed by atoms with van der Waals surface area (Å²) >= 11 is 6.02. The Labute approximate surface area is 193 Å². The second-order valence-electron chi connectivity index (χ2n) is 7.88. The molecule has 0 saturated carbocycles. The van der Waals surface area contributed by atoms with Gasteiger partial charge in [0.2, 0.25) is 0 Å². The maximum Gasteiger partial charge on any atom is 0.344 e. The van der Waals surface area contributed by atoms with Gasteiger partial charge >= 0.3 is 6.03 Å². The highest BCUT2D eigenvalue weighted by Gasteiger charge is 2.52. The molecule has 170 valence electrons. The summed E-state index contributed by atoms with van der Waals surface area (Å²) in [6, 6.07) is 15.9. The normalized spacial score (nSPS) is 18.6. The Balaban J connectivity index is 1.72. The van der Waals surface area contributed by atoms with Crippen LogP contribution < -0.4 is 16.1 Å². The molecular formula is C24H29ClN4O3. The number of urea groups is 1. The van der Waals surface area contributed by atoms with Crippen molar-refractivity contribution >= 4 is 29.4 Å². The molecule has 8 heteroatoms.